The third-order valence-electron chi connectivity index (χ3n) is 2.49. The van der Waals surface area contributed by atoms with Crippen LogP contribution in [-0.4, -0.2) is 31.3 Å². The third-order valence-corrected chi connectivity index (χ3v) is 2.49. The van der Waals surface area contributed by atoms with E-state index in [1.165, 1.54) is 0 Å². The van der Waals surface area contributed by atoms with Gasteiger partial charge in [-0.3, -0.25) is 4.98 Å². The van der Waals surface area contributed by atoms with Gasteiger partial charge in [0.2, 0.25) is 0 Å². The van der Waals surface area contributed by atoms with Crippen molar-refractivity contribution >= 4 is 11.6 Å². The Balaban J connectivity index is 2.09. The van der Waals surface area contributed by atoms with Crippen LogP contribution in [0.4, 0.5) is 11.6 Å². The van der Waals surface area contributed by atoms with E-state index in [0.29, 0.717) is 5.82 Å². The summed E-state index contributed by atoms with van der Waals surface area (Å²) >= 11 is 0. The minimum absolute atomic E-state index is 0.0173. The molecule has 0 aliphatic heterocycles. The van der Waals surface area contributed by atoms with Crippen molar-refractivity contribution < 1.29 is 0 Å². The molecule has 0 spiro atoms. The van der Waals surface area contributed by atoms with Gasteiger partial charge in [-0.05, 0) is 13.8 Å². The number of aromatic nitrogens is 5. The van der Waals surface area contributed by atoms with Crippen LogP contribution < -0.4 is 10.6 Å². The van der Waals surface area contributed by atoms with Crippen molar-refractivity contribution in [3.63, 3.8) is 0 Å². The van der Waals surface area contributed by atoms with Crippen LogP contribution in [0, 0.1) is 0 Å². The van der Waals surface area contributed by atoms with E-state index < -0.39 is 0 Å². The van der Waals surface area contributed by atoms with Gasteiger partial charge in [0.1, 0.15) is 18.0 Å². The zero-order chi connectivity index (χ0) is 13.0. The molecule has 2 N–H and O–H groups in total. The van der Waals surface area contributed by atoms with Gasteiger partial charge in [-0.15, -0.1) is 10.2 Å². The fourth-order valence-electron chi connectivity index (χ4n) is 1.67. The van der Waals surface area contributed by atoms with Crippen LogP contribution >= 0.6 is 0 Å². The molecule has 18 heavy (non-hydrogen) atoms. The Kier molecular flexibility index (Phi) is 3.71. The largest absolute Gasteiger partial charge is 0.369 e. The van der Waals surface area contributed by atoms with E-state index in [9.17, 15) is 0 Å². The lowest BCUT2D eigenvalue weighted by Crippen LogP contribution is -2.13. The smallest absolute Gasteiger partial charge is 0.154 e. The lowest BCUT2D eigenvalue weighted by atomic mass is 10.3. The van der Waals surface area contributed by atoms with Crippen LogP contribution in [0.15, 0.2) is 18.7 Å². The maximum Gasteiger partial charge on any atom is 0.154 e. The summed E-state index contributed by atoms with van der Waals surface area (Å²) in [7, 11) is 1.91. The molecule has 0 saturated heterocycles. The van der Waals surface area contributed by atoms with Crippen LogP contribution in [0.5, 0.6) is 0 Å². The molecule has 2 aromatic rings. The Morgan fingerprint density at radius 3 is 2.78 bits per heavy atom. The van der Waals surface area contributed by atoms with Gasteiger partial charge in [-0.25, -0.2) is 4.98 Å². The van der Waals surface area contributed by atoms with Crippen molar-refractivity contribution in [1.29, 1.82) is 0 Å². The molecule has 1 atom stereocenters. The first-order valence-corrected chi connectivity index (χ1v) is 5.87. The van der Waals surface area contributed by atoms with Crippen LogP contribution in [0.1, 0.15) is 25.7 Å². The Morgan fingerprint density at radius 2 is 2.11 bits per heavy atom. The highest BCUT2D eigenvalue weighted by Gasteiger charge is 2.11. The molecule has 2 aromatic heterocycles. The summed E-state index contributed by atoms with van der Waals surface area (Å²) in [6.45, 7) is 4.84. The highest BCUT2D eigenvalue weighted by Crippen LogP contribution is 2.15. The summed E-state index contributed by atoms with van der Waals surface area (Å²) < 4.78 is 1.87. The Morgan fingerprint density at radius 1 is 1.33 bits per heavy atom. The van der Waals surface area contributed by atoms with Gasteiger partial charge in [-0.1, -0.05) is 0 Å². The van der Waals surface area contributed by atoms with E-state index in [4.69, 9.17) is 0 Å². The average Bonchev–Trinajstić information content (AvgIpc) is 2.76. The molecule has 1 unspecified atom stereocenters. The molecule has 2 rings (SSSR count). The fraction of sp³-hybridized carbons (Fsp3) is 0.455. The highest BCUT2D eigenvalue weighted by molar-refractivity contribution is 5.42. The number of hydrogen-bond donors (Lipinski definition) is 2. The molecule has 0 aliphatic rings. The summed E-state index contributed by atoms with van der Waals surface area (Å²) in [6, 6.07) is 0.0173. The summed E-state index contributed by atoms with van der Waals surface area (Å²) in [5.41, 5.74) is 0. The summed E-state index contributed by atoms with van der Waals surface area (Å²) in [5.74, 6) is 2.32. The quantitative estimate of drug-likeness (QED) is 0.826. The van der Waals surface area contributed by atoms with Crippen LogP contribution in [0.2, 0.25) is 0 Å². The minimum Gasteiger partial charge on any atom is -0.369 e. The van der Waals surface area contributed by atoms with Crippen molar-refractivity contribution in [2.45, 2.75) is 19.9 Å². The van der Waals surface area contributed by atoms with Gasteiger partial charge in [0, 0.05) is 13.6 Å². The second kappa shape index (κ2) is 5.44. The van der Waals surface area contributed by atoms with E-state index in [1.54, 1.807) is 18.7 Å². The second-order valence-electron chi connectivity index (χ2n) is 3.99. The number of nitrogens with zero attached hydrogens (tertiary/aromatic N) is 5. The third kappa shape index (κ3) is 2.73. The fourth-order valence-corrected chi connectivity index (χ4v) is 1.67. The standard InChI is InChI=1S/C11H17N7/c1-4-13-9-5-12-6-10(16-9)15-8(2)11-17-14-7-18(11)3/h5-8H,4H2,1-3H3,(H2,13,15,16). The maximum atomic E-state index is 4.40. The summed E-state index contributed by atoms with van der Waals surface area (Å²) in [6.07, 6.45) is 5.06. The molecule has 7 nitrogen and oxygen atoms in total. The lowest BCUT2D eigenvalue weighted by Gasteiger charge is -2.13. The molecule has 96 valence electrons. The molecule has 0 saturated carbocycles. The zero-order valence-corrected chi connectivity index (χ0v) is 10.8. The first kappa shape index (κ1) is 12.3. The molecule has 0 radical (unpaired) electrons. The van der Waals surface area contributed by atoms with E-state index in [2.05, 4.69) is 30.8 Å². The second-order valence-corrected chi connectivity index (χ2v) is 3.99. The molecule has 2 heterocycles. The van der Waals surface area contributed by atoms with E-state index in [1.807, 2.05) is 25.5 Å². The number of rotatable bonds is 5. The van der Waals surface area contributed by atoms with E-state index in [0.717, 1.165) is 18.2 Å². The Hall–Kier alpha value is -2.18. The number of hydrogen-bond acceptors (Lipinski definition) is 6. The number of anilines is 2. The molecular formula is C11H17N7. The first-order chi connectivity index (χ1) is 8.70. The molecule has 0 aliphatic carbocycles. The maximum absolute atomic E-state index is 4.40. The van der Waals surface area contributed by atoms with Gasteiger partial charge in [0.15, 0.2) is 5.82 Å². The Bertz CT molecular complexity index is 508. The summed E-state index contributed by atoms with van der Waals surface area (Å²) in [5, 5.41) is 14.3. The lowest BCUT2D eigenvalue weighted by molar-refractivity contribution is 0.716. The number of aryl methyl sites for hydroxylation is 1. The molecule has 0 aromatic carbocycles. The molecule has 7 heteroatoms. The van der Waals surface area contributed by atoms with E-state index >= 15 is 0 Å². The highest BCUT2D eigenvalue weighted by atomic mass is 15.3. The van der Waals surface area contributed by atoms with Crippen molar-refractivity contribution in [2.75, 3.05) is 17.2 Å². The molecule has 0 bridgehead atoms. The predicted octanol–water partition coefficient (Wildman–Crippen LogP) is 1.21. The van der Waals surface area contributed by atoms with E-state index in [-0.39, 0.29) is 6.04 Å². The van der Waals surface area contributed by atoms with Crippen LogP contribution in [0.25, 0.3) is 0 Å². The van der Waals surface area contributed by atoms with Gasteiger partial charge >= 0.3 is 0 Å². The molecular weight excluding hydrogens is 230 g/mol. The first-order valence-electron chi connectivity index (χ1n) is 5.87. The minimum atomic E-state index is 0.0173. The number of nitrogens with one attached hydrogen (secondary N) is 2. The van der Waals surface area contributed by atoms with Crippen LogP contribution in [0.3, 0.4) is 0 Å². The van der Waals surface area contributed by atoms with Crippen molar-refractivity contribution in [2.24, 2.45) is 7.05 Å². The Labute approximate surface area is 106 Å². The molecule has 0 amide bonds. The van der Waals surface area contributed by atoms with Gasteiger partial charge in [0.05, 0.1) is 18.4 Å². The van der Waals surface area contributed by atoms with Gasteiger partial charge < -0.3 is 15.2 Å². The van der Waals surface area contributed by atoms with Crippen molar-refractivity contribution in [1.82, 2.24) is 24.7 Å². The topological polar surface area (TPSA) is 80.5 Å². The zero-order valence-electron chi connectivity index (χ0n) is 10.8. The van der Waals surface area contributed by atoms with Crippen molar-refractivity contribution in [3.05, 3.63) is 24.5 Å². The monoisotopic (exact) mass is 247 g/mol. The normalized spacial score (nSPS) is 12.2. The SMILES string of the molecule is CCNc1cncc(NC(C)c2nncn2C)n1. The summed E-state index contributed by atoms with van der Waals surface area (Å²) in [4.78, 5) is 8.53. The van der Waals surface area contributed by atoms with Crippen molar-refractivity contribution in [3.8, 4) is 0 Å². The van der Waals surface area contributed by atoms with Gasteiger partial charge in [0.25, 0.3) is 0 Å². The van der Waals surface area contributed by atoms with Crippen LogP contribution in [-0.2, 0) is 7.05 Å². The molecule has 0 fully saturated rings. The predicted molar refractivity (Wildman–Crippen MR) is 69.2 cm³/mol. The van der Waals surface area contributed by atoms with Gasteiger partial charge in [-0.2, -0.15) is 0 Å². The average molecular weight is 247 g/mol.